The van der Waals surface area contributed by atoms with Crippen LogP contribution in [0.3, 0.4) is 0 Å². The summed E-state index contributed by atoms with van der Waals surface area (Å²) in [4.78, 5) is 0. The fourth-order valence-electron chi connectivity index (χ4n) is 1.94. The summed E-state index contributed by atoms with van der Waals surface area (Å²) in [7, 11) is 1.74. The monoisotopic (exact) mass is 211 g/mol. The minimum absolute atomic E-state index is 0.167. The second-order valence-electron chi connectivity index (χ2n) is 3.71. The average Bonchev–Trinajstić information content (AvgIpc) is 2.18. The van der Waals surface area contributed by atoms with Crippen LogP contribution in [-0.4, -0.2) is 13.2 Å². The highest BCUT2D eigenvalue weighted by molar-refractivity contribution is 6.33. The first-order chi connectivity index (χ1) is 6.72. The van der Waals surface area contributed by atoms with Gasteiger partial charge in [-0.1, -0.05) is 23.7 Å². The highest BCUT2D eigenvalue weighted by atomic mass is 35.5. The summed E-state index contributed by atoms with van der Waals surface area (Å²) < 4.78 is 5.44. The molecule has 0 saturated heterocycles. The van der Waals surface area contributed by atoms with Crippen LogP contribution >= 0.6 is 11.6 Å². The van der Waals surface area contributed by atoms with Gasteiger partial charge in [-0.05, 0) is 19.4 Å². The van der Waals surface area contributed by atoms with E-state index in [-0.39, 0.29) is 6.10 Å². The Balaban J connectivity index is 2.45. The van der Waals surface area contributed by atoms with Crippen LogP contribution in [0.5, 0.6) is 0 Å². The van der Waals surface area contributed by atoms with Gasteiger partial charge in [0.2, 0.25) is 0 Å². The maximum Gasteiger partial charge on any atom is 0.0861 e. The fraction of sp³-hybridized carbons (Fsp3) is 0.455. The molecule has 0 fully saturated rings. The summed E-state index contributed by atoms with van der Waals surface area (Å²) in [6, 6.07) is 6.34. The molecule has 1 aliphatic heterocycles. The molecular weight excluding hydrogens is 198 g/mol. The van der Waals surface area contributed by atoms with Crippen LogP contribution in [0.1, 0.15) is 25.0 Å². The van der Waals surface area contributed by atoms with Gasteiger partial charge in [-0.2, -0.15) is 0 Å². The molecule has 0 saturated carbocycles. The van der Waals surface area contributed by atoms with Gasteiger partial charge >= 0.3 is 0 Å². The maximum atomic E-state index is 6.11. The van der Waals surface area contributed by atoms with Crippen LogP contribution in [0.2, 0.25) is 5.02 Å². The zero-order chi connectivity index (χ0) is 10.1. The van der Waals surface area contributed by atoms with E-state index >= 15 is 0 Å². The normalized spacial score (nSPS) is 25.4. The van der Waals surface area contributed by atoms with Gasteiger partial charge in [0.15, 0.2) is 0 Å². The second-order valence-corrected chi connectivity index (χ2v) is 4.12. The second kappa shape index (κ2) is 3.79. The van der Waals surface area contributed by atoms with Crippen molar-refractivity contribution in [2.45, 2.75) is 25.5 Å². The molecule has 0 radical (unpaired) electrons. The molecule has 0 aromatic heterocycles. The summed E-state index contributed by atoms with van der Waals surface area (Å²) in [5.74, 6) is 0. The fourth-order valence-corrected chi connectivity index (χ4v) is 2.17. The van der Waals surface area contributed by atoms with E-state index in [2.05, 4.69) is 18.3 Å². The van der Waals surface area contributed by atoms with Gasteiger partial charge in [-0.25, -0.2) is 0 Å². The van der Waals surface area contributed by atoms with E-state index < -0.39 is 0 Å². The molecule has 1 N–H and O–H groups in total. The van der Waals surface area contributed by atoms with Crippen LogP contribution in [-0.2, 0) is 4.74 Å². The topological polar surface area (TPSA) is 21.3 Å². The third-order valence-corrected chi connectivity index (χ3v) is 2.95. The molecule has 2 nitrogen and oxygen atoms in total. The number of ether oxygens (including phenoxy) is 1. The Morgan fingerprint density at radius 1 is 1.50 bits per heavy atom. The number of fused-ring (bicyclic) bond motifs is 1. The molecule has 14 heavy (non-hydrogen) atoms. The molecule has 1 heterocycles. The van der Waals surface area contributed by atoms with Crippen molar-refractivity contribution in [3.63, 3.8) is 0 Å². The summed E-state index contributed by atoms with van der Waals surface area (Å²) >= 11 is 6.11. The van der Waals surface area contributed by atoms with Crippen molar-refractivity contribution in [2.24, 2.45) is 0 Å². The van der Waals surface area contributed by atoms with Gasteiger partial charge in [0.05, 0.1) is 16.8 Å². The van der Waals surface area contributed by atoms with Gasteiger partial charge in [-0.3, -0.25) is 0 Å². The van der Waals surface area contributed by atoms with Crippen molar-refractivity contribution in [3.05, 3.63) is 28.8 Å². The van der Waals surface area contributed by atoms with E-state index in [1.807, 2.05) is 12.1 Å². The lowest BCUT2D eigenvalue weighted by Crippen LogP contribution is -2.26. The van der Waals surface area contributed by atoms with Crippen molar-refractivity contribution in [1.82, 2.24) is 0 Å². The molecule has 0 spiro atoms. The number of anilines is 1. The van der Waals surface area contributed by atoms with Crippen molar-refractivity contribution < 1.29 is 4.74 Å². The Hall–Kier alpha value is -0.730. The smallest absolute Gasteiger partial charge is 0.0861 e. The Morgan fingerprint density at radius 2 is 2.29 bits per heavy atom. The molecule has 1 aromatic carbocycles. The van der Waals surface area contributed by atoms with Crippen molar-refractivity contribution in [2.75, 3.05) is 12.4 Å². The Morgan fingerprint density at radius 3 is 3.00 bits per heavy atom. The first kappa shape index (κ1) is 9.81. The van der Waals surface area contributed by atoms with Crippen molar-refractivity contribution >= 4 is 17.3 Å². The molecule has 0 bridgehead atoms. The van der Waals surface area contributed by atoms with Crippen LogP contribution in [0.15, 0.2) is 18.2 Å². The summed E-state index contributed by atoms with van der Waals surface area (Å²) in [6.45, 7) is 2.14. The SMILES string of the molecule is COC1CC(C)Nc2c(Cl)cccc21. The van der Waals surface area contributed by atoms with E-state index in [4.69, 9.17) is 16.3 Å². The number of benzene rings is 1. The first-order valence-corrected chi connectivity index (χ1v) is 5.18. The lowest BCUT2D eigenvalue weighted by atomic mass is 9.96. The number of methoxy groups -OCH3 is 1. The quantitative estimate of drug-likeness (QED) is 0.770. The Kier molecular flexibility index (Phi) is 2.66. The predicted molar refractivity (Wildman–Crippen MR) is 58.9 cm³/mol. The van der Waals surface area contributed by atoms with Gasteiger partial charge in [-0.15, -0.1) is 0 Å². The van der Waals surface area contributed by atoms with Crippen LogP contribution in [0.25, 0.3) is 0 Å². The lowest BCUT2D eigenvalue weighted by molar-refractivity contribution is 0.0894. The molecule has 1 aromatic rings. The lowest BCUT2D eigenvalue weighted by Gasteiger charge is -2.31. The maximum absolute atomic E-state index is 6.11. The third kappa shape index (κ3) is 1.60. The van der Waals surface area contributed by atoms with E-state index in [0.29, 0.717) is 6.04 Å². The number of rotatable bonds is 1. The largest absolute Gasteiger partial charge is 0.381 e. The molecule has 2 unspecified atom stereocenters. The number of para-hydroxylation sites is 1. The average molecular weight is 212 g/mol. The van der Waals surface area contributed by atoms with Crippen molar-refractivity contribution in [3.8, 4) is 0 Å². The summed E-state index contributed by atoms with van der Waals surface area (Å²) in [5, 5.41) is 4.15. The standard InChI is InChI=1S/C11H14ClNO/c1-7-6-10(14-2)8-4-3-5-9(12)11(8)13-7/h3-5,7,10,13H,6H2,1-2H3. The molecule has 0 aliphatic carbocycles. The molecule has 2 atom stereocenters. The molecule has 3 heteroatoms. The summed E-state index contributed by atoms with van der Waals surface area (Å²) in [6.07, 6.45) is 1.16. The van der Waals surface area contributed by atoms with E-state index in [1.54, 1.807) is 7.11 Å². The van der Waals surface area contributed by atoms with Gasteiger partial charge in [0.25, 0.3) is 0 Å². The highest BCUT2D eigenvalue weighted by Gasteiger charge is 2.25. The highest BCUT2D eigenvalue weighted by Crippen LogP contribution is 2.38. The van der Waals surface area contributed by atoms with Crippen LogP contribution < -0.4 is 5.32 Å². The molecule has 1 aliphatic rings. The number of hydrogen-bond donors (Lipinski definition) is 1. The van der Waals surface area contributed by atoms with Gasteiger partial charge in [0, 0.05) is 18.7 Å². The van der Waals surface area contributed by atoms with E-state index in [9.17, 15) is 0 Å². The Labute approximate surface area is 89.2 Å². The zero-order valence-electron chi connectivity index (χ0n) is 8.38. The number of halogens is 1. The minimum Gasteiger partial charge on any atom is -0.381 e. The summed E-state index contributed by atoms with van der Waals surface area (Å²) in [5.41, 5.74) is 2.19. The van der Waals surface area contributed by atoms with Crippen molar-refractivity contribution in [1.29, 1.82) is 0 Å². The number of nitrogens with one attached hydrogen (secondary N) is 1. The van der Waals surface area contributed by atoms with Crippen LogP contribution in [0.4, 0.5) is 5.69 Å². The molecule has 0 amide bonds. The predicted octanol–water partition coefficient (Wildman–Crippen LogP) is 3.23. The zero-order valence-corrected chi connectivity index (χ0v) is 9.14. The minimum atomic E-state index is 0.167. The Bertz CT molecular complexity index is 340. The van der Waals surface area contributed by atoms with Gasteiger partial charge < -0.3 is 10.1 Å². The van der Waals surface area contributed by atoms with Crippen LogP contribution in [0, 0.1) is 0 Å². The molecule has 76 valence electrons. The number of hydrogen-bond acceptors (Lipinski definition) is 2. The van der Waals surface area contributed by atoms with Gasteiger partial charge in [0.1, 0.15) is 0 Å². The van der Waals surface area contributed by atoms with E-state index in [0.717, 1.165) is 22.7 Å². The molecule has 2 rings (SSSR count). The third-order valence-electron chi connectivity index (χ3n) is 2.64. The van der Waals surface area contributed by atoms with E-state index in [1.165, 1.54) is 0 Å². The first-order valence-electron chi connectivity index (χ1n) is 4.80. The molecular formula is C11H14ClNO.